The molecule has 0 saturated heterocycles. The van der Waals surface area contributed by atoms with Crippen molar-refractivity contribution in [2.45, 2.75) is 26.7 Å². The first-order valence-corrected chi connectivity index (χ1v) is 7.52. The summed E-state index contributed by atoms with van der Waals surface area (Å²) in [6, 6.07) is 5.15. The second kappa shape index (κ2) is 7.29. The zero-order valence-corrected chi connectivity index (χ0v) is 13.3. The molecule has 0 fully saturated rings. The van der Waals surface area contributed by atoms with Crippen molar-refractivity contribution in [3.63, 3.8) is 0 Å². The smallest absolute Gasteiger partial charge is 0.305 e. The fourth-order valence-electron chi connectivity index (χ4n) is 2.28. The van der Waals surface area contributed by atoms with Gasteiger partial charge in [-0.05, 0) is 24.5 Å². The van der Waals surface area contributed by atoms with Gasteiger partial charge in [-0.2, -0.15) is 0 Å². The number of Topliss-reactive ketones (excluding diaryl/α,β-unsaturated/α-hetero) is 1. The third-order valence-corrected chi connectivity index (χ3v) is 3.54. The van der Waals surface area contributed by atoms with Gasteiger partial charge in [0.1, 0.15) is 11.5 Å². The van der Waals surface area contributed by atoms with Gasteiger partial charge in [0.25, 0.3) is 0 Å². The van der Waals surface area contributed by atoms with E-state index in [0.717, 1.165) is 0 Å². The van der Waals surface area contributed by atoms with Crippen molar-refractivity contribution in [2.75, 3.05) is 20.3 Å². The molecule has 1 aromatic rings. The van der Waals surface area contributed by atoms with Crippen molar-refractivity contribution < 1.29 is 23.8 Å². The van der Waals surface area contributed by atoms with Crippen molar-refractivity contribution in [1.82, 2.24) is 0 Å². The zero-order valence-electron chi connectivity index (χ0n) is 13.3. The van der Waals surface area contributed by atoms with Gasteiger partial charge in [0.05, 0.1) is 31.8 Å². The minimum Gasteiger partial charge on any atom is -0.497 e. The molecule has 1 aliphatic heterocycles. The van der Waals surface area contributed by atoms with E-state index in [0.29, 0.717) is 36.0 Å². The summed E-state index contributed by atoms with van der Waals surface area (Å²) in [6.45, 7) is 4.67. The van der Waals surface area contributed by atoms with Crippen molar-refractivity contribution in [3.8, 4) is 11.5 Å². The minimum absolute atomic E-state index is 0.0144. The topological polar surface area (TPSA) is 61.8 Å². The van der Waals surface area contributed by atoms with Gasteiger partial charge in [0.2, 0.25) is 0 Å². The number of esters is 1. The molecular weight excluding hydrogens is 284 g/mol. The van der Waals surface area contributed by atoms with Gasteiger partial charge >= 0.3 is 5.97 Å². The van der Waals surface area contributed by atoms with E-state index in [4.69, 9.17) is 14.2 Å². The first-order valence-electron chi connectivity index (χ1n) is 7.52. The highest BCUT2D eigenvalue weighted by molar-refractivity contribution is 6.01. The third-order valence-electron chi connectivity index (χ3n) is 3.54. The van der Waals surface area contributed by atoms with Crippen LogP contribution in [0.4, 0.5) is 0 Å². The van der Waals surface area contributed by atoms with Crippen LogP contribution in [0.3, 0.4) is 0 Å². The number of ether oxygens (including phenoxy) is 3. The fraction of sp³-hybridized carbons (Fsp3) is 0.529. The molecule has 5 nitrogen and oxygen atoms in total. The molecule has 5 heteroatoms. The molecule has 2 rings (SSSR count). The van der Waals surface area contributed by atoms with Gasteiger partial charge < -0.3 is 14.2 Å². The lowest BCUT2D eigenvalue weighted by Gasteiger charge is -2.24. The van der Waals surface area contributed by atoms with E-state index >= 15 is 0 Å². The maximum Gasteiger partial charge on any atom is 0.305 e. The molecule has 0 N–H and O–H groups in total. The Kier molecular flexibility index (Phi) is 5.41. The van der Waals surface area contributed by atoms with Crippen LogP contribution in [-0.4, -0.2) is 32.1 Å². The molecule has 120 valence electrons. The maximum absolute atomic E-state index is 12.4. The van der Waals surface area contributed by atoms with Crippen LogP contribution in [0.25, 0.3) is 0 Å². The van der Waals surface area contributed by atoms with Crippen molar-refractivity contribution in [2.24, 2.45) is 11.8 Å². The predicted octanol–water partition coefficient (Wildman–Crippen LogP) is 2.87. The fourth-order valence-corrected chi connectivity index (χ4v) is 2.28. The van der Waals surface area contributed by atoms with Gasteiger partial charge in [-0.25, -0.2) is 0 Å². The van der Waals surface area contributed by atoms with Crippen LogP contribution in [0.1, 0.15) is 37.0 Å². The van der Waals surface area contributed by atoms with E-state index in [1.165, 1.54) is 0 Å². The lowest BCUT2D eigenvalue weighted by atomic mass is 9.91. The first kappa shape index (κ1) is 16.3. The summed E-state index contributed by atoms with van der Waals surface area (Å²) < 4.78 is 15.9. The van der Waals surface area contributed by atoms with E-state index in [1.807, 2.05) is 13.8 Å². The summed E-state index contributed by atoms with van der Waals surface area (Å²) in [5.74, 6) is 0.964. The number of hydrogen-bond donors (Lipinski definition) is 0. The summed E-state index contributed by atoms with van der Waals surface area (Å²) in [6.07, 6.45) is 0.680. The summed E-state index contributed by atoms with van der Waals surface area (Å²) in [5.41, 5.74) is 0.549. The summed E-state index contributed by atoms with van der Waals surface area (Å²) in [4.78, 5) is 24.1. The van der Waals surface area contributed by atoms with Crippen LogP contribution < -0.4 is 9.47 Å². The summed E-state index contributed by atoms with van der Waals surface area (Å²) in [5, 5.41) is 0. The number of benzene rings is 1. The third kappa shape index (κ3) is 4.00. The molecule has 0 saturated carbocycles. The standard InChI is InChI=1S/C17H22O5/c1-11(2)9-22-16(18)7-4-12-10-21-15-8-13(20-3)5-6-14(15)17(12)19/h5-6,8,11-12H,4,7,9-10H2,1-3H3. The monoisotopic (exact) mass is 306 g/mol. The Balaban J connectivity index is 1.92. The lowest BCUT2D eigenvalue weighted by molar-refractivity contribution is -0.145. The maximum atomic E-state index is 12.4. The van der Waals surface area contributed by atoms with E-state index in [9.17, 15) is 9.59 Å². The van der Waals surface area contributed by atoms with Crippen molar-refractivity contribution in [1.29, 1.82) is 0 Å². The Morgan fingerprint density at radius 3 is 2.86 bits per heavy atom. The lowest BCUT2D eigenvalue weighted by Crippen LogP contribution is -2.28. The largest absolute Gasteiger partial charge is 0.497 e. The highest BCUT2D eigenvalue weighted by Crippen LogP contribution is 2.32. The van der Waals surface area contributed by atoms with Crippen LogP contribution in [0.2, 0.25) is 0 Å². The second-order valence-corrected chi connectivity index (χ2v) is 5.85. The molecule has 1 aliphatic rings. The number of ketones is 1. The number of hydrogen-bond acceptors (Lipinski definition) is 5. The average molecular weight is 306 g/mol. The summed E-state index contributed by atoms with van der Waals surface area (Å²) in [7, 11) is 1.57. The van der Waals surface area contributed by atoms with Crippen molar-refractivity contribution >= 4 is 11.8 Å². The van der Waals surface area contributed by atoms with Gasteiger partial charge in [-0.3, -0.25) is 9.59 Å². The molecule has 0 radical (unpaired) electrons. The Hall–Kier alpha value is -2.04. The van der Waals surface area contributed by atoms with Gasteiger partial charge in [0.15, 0.2) is 5.78 Å². The van der Waals surface area contributed by atoms with Crippen LogP contribution in [-0.2, 0) is 9.53 Å². The zero-order chi connectivity index (χ0) is 16.1. The summed E-state index contributed by atoms with van der Waals surface area (Å²) >= 11 is 0. The number of carbonyl (C=O) groups is 2. The van der Waals surface area contributed by atoms with Gasteiger partial charge in [-0.1, -0.05) is 13.8 Å². The van der Waals surface area contributed by atoms with E-state index in [1.54, 1.807) is 25.3 Å². The number of carbonyl (C=O) groups excluding carboxylic acids is 2. The normalized spacial score (nSPS) is 16.9. The Bertz CT molecular complexity index is 550. The molecule has 0 aromatic heterocycles. The Morgan fingerprint density at radius 1 is 1.41 bits per heavy atom. The molecule has 0 aliphatic carbocycles. The van der Waals surface area contributed by atoms with Crippen LogP contribution in [0, 0.1) is 11.8 Å². The molecule has 1 aromatic carbocycles. The molecule has 0 amide bonds. The SMILES string of the molecule is COc1ccc2c(c1)OCC(CCC(=O)OCC(C)C)C2=O. The molecular formula is C17H22O5. The second-order valence-electron chi connectivity index (χ2n) is 5.85. The number of fused-ring (bicyclic) bond motifs is 1. The van der Waals surface area contributed by atoms with Crippen molar-refractivity contribution in [3.05, 3.63) is 23.8 Å². The molecule has 0 bridgehead atoms. The van der Waals surface area contributed by atoms with Crippen LogP contribution >= 0.6 is 0 Å². The predicted molar refractivity (Wildman–Crippen MR) is 81.3 cm³/mol. The Morgan fingerprint density at radius 2 is 2.18 bits per heavy atom. The highest BCUT2D eigenvalue weighted by atomic mass is 16.5. The number of methoxy groups -OCH3 is 1. The van der Waals surface area contributed by atoms with Gasteiger partial charge in [0, 0.05) is 12.5 Å². The average Bonchev–Trinajstić information content (AvgIpc) is 2.51. The molecule has 1 heterocycles. The van der Waals surface area contributed by atoms with E-state index in [2.05, 4.69) is 0 Å². The quantitative estimate of drug-likeness (QED) is 0.756. The Labute approximate surface area is 130 Å². The molecule has 22 heavy (non-hydrogen) atoms. The molecule has 0 spiro atoms. The van der Waals surface area contributed by atoms with Crippen LogP contribution in [0.5, 0.6) is 11.5 Å². The highest BCUT2D eigenvalue weighted by Gasteiger charge is 2.29. The molecule has 1 unspecified atom stereocenters. The van der Waals surface area contributed by atoms with Crippen LogP contribution in [0.15, 0.2) is 18.2 Å². The van der Waals surface area contributed by atoms with Gasteiger partial charge in [-0.15, -0.1) is 0 Å². The minimum atomic E-state index is -0.299. The molecule has 1 atom stereocenters. The number of rotatable bonds is 6. The first-order chi connectivity index (χ1) is 10.5. The van der Waals surface area contributed by atoms with E-state index < -0.39 is 0 Å². The van der Waals surface area contributed by atoms with E-state index in [-0.39, 0.29) is 30.7 Å².